The number of rotatable bonds is 6. The quantitative estimate of drug-likeness (QED) is 0.654. The van der Waals surface area contributed by atoms with Gasteiger partial charge >= 0.3 is 0 Å². The van der Waals surface area contributed by atoms with Crippen LogP contribution in [-0.2, 0) is 0 Å². The van der Waals surface area contributed by atoms with Crippen molar-refractivity contribution in [2.75, 3.05) is 18.4 Å². The number of carbonyl (C=O) groups is 2. The van der Waals surface area contributed by atoms with Gasteiger partial charge in [0.2, 0.25) is 5.95 Å². The molecule has 6 nitrogen and oxygen atoms in total. The molecule has 0 saturated carbocycles. The van der Waals surface area contributed by atoms with Gasteiger partial charge in [-0.1, -0.05) is 12.1 Å². The summed E-state index contributed by atoms with van der Waals surface area (Å²) >= 11 is 0. The number of carbonyl (C=O) groups excluding carboxylic acids is 2. The van der Waals surface area contributed by atoms with Gasteiger partial charge in [-0.25, -0.2) is 9.97 Å². The highest BCUT2D eigenvalue weighted by Crippen LogP contribution is 2.22. The predicted molar refractivity (Wildman–Crippen MR) is 86.3 cm³/mol. The lowest BCUT2D eigenvalue weighted by molar-refractivity contribution is 0.0652. The molecule has 1 aromatic carbocycles. The first kappa shape index (κ1) is 15.1. The van der Waals surface area contributed by atoms with E-state index in [-0.39, 0.29) is 11.8 Å². The predicted octanol–water partition coefficient (Wildman–Crippen LogP) is 2.27. The van der Waals surface area contributed by atoms with Crippen molar-refractivity contribution >= 4 is 17.8 Å². The van der Waals surface area contributed by atoms with Crippen LogP contribution in [0.2, 0.25) is 0 Å². The third kappa shape index (κ3) is 3.21. The fraction of sp³-hybridized carbons (Fsp3) is 0.294. The Morgan fingerprint density at radius 2 is 1.74 bits per heavy atom. The van der Waals surface area contributed by atoms with Crippen LogP contribution >= 0.6 is 0 Å². The monoisotopic (exact) mass is 310 g/mol. The summed E-state index contributed by atoms with van der Waals surface area (Å²) in [5, 5.41) is 3.14. The van der Waals surface area contributed by atoms with Crippen molar-refractivity contribution in [2.24, 2.45) is 0 Å². The number of aryl methyl sites for hydroxylation is 1. The number of hydrogen-bond acceptors (Lipinski definition) is 5. The molecule has 0 atom stereocenters. The van der Waals surface area contributed by atoms with Crippen molar-refractivity contribution in [1.29, 1.82) is 0 Å². The minimum Gasteiger partial charge on any atom is -0.354 e. The molecule has 6 heteroatoms. The topological polar surface area (TPSA) is 75.2 Å². The van der Waals surface area contributed by atoms with E-state index in [9.17, 15) is 9.59 Å². The van der Waals surface area contributed by atoms with Crippen LogP contribution in [0.1, 0.15) is 39.3 Å². The Kier molecular flexibility index (Phi) is 4.32. The van der Waals surface area contributed by atoms with Crippen molar-refractivity contribution in [3.63, 3.8) is 0 Å². The molecule has 0 spiro atoms. The highest BCUT2D eigenvalue weighted by atomic mass is 16.2. The van der Waals surface area contributed by atoms with Crippen LogP contribution in [0, 0.1) is 6.92 Å². The molecule has 1 aliphatic rings. The van der Waals surface area contributed by atoms with Crippen LogP contribution < -0.4 is 5.32 Å². The molecule has 0 unspecified atom stereocenters. The maximum Gasteiger partial charge on any atom is 0.261 e. The smallest absolute Gasteiger partial charge is 0.261 e. The van der Waals surface area contributed by atoms with Gasteiger partial charge in [0.25, 0.3) is 11.8 Å². The zero-order valence-corrected chi connectivity index (χ0v) is 13.0. The zero-order valence-electron chi connectivity index (χ0n) is 13.0. The van der Waals surface area contributed by atoms with Gasteiger partial charge in [0.15, 0.2) is 0 Å². The first-order valence-electron chi connectivity index (χ1n) is 7.65. The molecule has 2 aromatic rings. The van der Waals surface area contributed by atoms with Gasteiger partial charge in [0.1, 0.15) is 0 Å². The fourth-order valence-electron chi connectivity index (χ4n) is 2.57. The number of unbranched alkanes of at least 4 members (excludes halogenated alkanes) is 1. The summed E-state index contributed by atoms with van der Waals surface area (Å²) in [7, 11) is 0. The van der Waals surface area contributed by atoms with Crippen LogP contribution in [0.25, 0.3) is 0 Å². The average molecular weight is 310 g/mol. The Morgan fingerprint density at radius 3 is 2.39 bits per heavy atom. The van der Waals surface area contributed by atoms with Crippen molar-refractivity contribution < 1.29 is 9.59 Å². The molecule has 2 heterocycles. The maximum atomic E-state index is 12.2. The molecule has 0 saturated heterocycles. The molecule has 1 N–H and O–H groups in total. The maximum absolute atomic E-state index is 12.2. The number of nitrogens with one attached hydrogen (secondary N) is 1. The van der Waals surface area contributed by atoms with Crippen LogP contribution in [0.15, 0.2) is 36.5 Å². The summed E-state index contributed by atoms with van der Waals surface area (Å²) in [5.74, 6) is 0.215. The van der Waals surface area contributed by atoms with E-state index in [1.807, 2.05) is 13.0 Å². The van der Waals surface area contributed by atoms with Gasteiger partial charge in [0, 0.05) is 25.0 Å². The van der Waals surface area contributed by atoms with E-state index in [4.69, 9.17) is 0 Å². The molecule has 2 amide bonds. The van der Waals surface area contributed by atoms with Gasteiger partial charge in [-0.05, 0) is 38.0 Å². The molecular formula is C17H18N4O2. The van der Waals surface area contributed by atoms with Gasteiger partial charge in [-0.2, -0.15) is 0 Å². The number of aromatic nitrogens is 2. The summed E-state index contributed by atoms with van der Waals surface area (Å²) in [6, 6.07) is 8.80. The van der Waals surface area contributed by atoms with E-state index in [0.717, 1.165) is 18.5 Å². The third-order valence-corrected chi connectivity index (χ3v) is 3.76. The Bertz CT molecular complexity index is 710. The number of benzene rings is 1. The largest absolute Gasteiger partial charge is 0.354 e. The van der Waals surface area contributed by atoms with Crippen LogP contribution in [0.4, 0.5) is 5.95 Å². The molecule has 1 aliphatic heterocycles. The van der Waals surface area contributed by atoms with Crippen molar-refractivity contribution in [3.05, 3.63) is 53.3 Å². The number of imide groups is 1. The molecule has 0 aliphatic carbocycles. The summed E-state index contributed by atoms with van der Waals surface area (Å²) in [4.78, 5) is 34.1. The van der Waals surface area contributed by atoms with Gasteiger partial charge in [-0.15, -0.1) is 0 Å². The number of amides is 2. The highest BCUT2D eigenvalue weighted by molar-refractivity contribution is 6.21. The lowest BCUT2D eigenvalue weighted by Gasteiger charge is -2.13. The van der Waals surface area contributed by atoms with Crippen LogP contribution in [0.3, 0.4) is 0 Å². The van der Waals surface area contributed by atoms with Crippen LogP contribution in [0.5, 0.6) is 0 Å². The SMILES string of the molecule is Cc1ccnc(NCCCCN2C(=O)c3ccccc3C2=O)n1. The van der Waals surface area contributed by atoms with Crippen LogP contribution in [-0.4, -0.2) is 39.8 Å². The van der Waals surface area contributed by atoms with Crippen molar-refractivity contribution in [2.45, 2.75) is 19.8 Å². The third-order valence-electron chi connectivity index (χ3n) is 3.76. The Labute approximate surface area is 134 Å². The lowest BCUT2D eigenvalue weighted by atomic mass is 10.1. The molecular weight excluding hydrogens is 292 g/mol. The standard InChI is InChI=1S/C17H18N4O2/c1-12-8-10-19-17(20-12)18-9-4-5-11-21-15(22)13-6-2-3-7-14(13)16(21)23/h2-3,6-8,10H,4-5,9,11H2,1H3,(H,18,19,20). The Hall–Kier alpha value is -2.76. The average Bonchev–Trinajstić information content (AvgIpc) is 2.80. The Morgan fingerprint density at radius 1 is 1.04 bits per heavy atom. The van der Waals surface area contributed by atoms with E-state index in [2.05, 4.69) is 15.3 Å². The van der Waals surface area contributed by atoms with E-state index in [1.165, 1.54) is 4.90 Å². The molecule has 0 bridgehead atoms. The van der Waals surface area contributed by atoms with Gasteiger partial charge < -0.3 is 5.32 Å². The van der Waals surface area contributed by atoms with E-state index in [1.54, 1.807) is 30.5 Å². The molecule has 1 aromatic heterocycles. The second-order valence-electron chi connectivity index (χ2n) is 5.46. The number of hydrogen-bond donors (Lipinski definition) is 1. The first-order chi connectivity index (χ1) is 11.2. The molecule has 0 fully saturated rings. The summed E-state index contributed by atoms with van der Waals surface area (Å²) in [6.45, 7) is 3.05. The summed E-state index contributed by atoms with van der Waals surface area (Å²) < 4.78 is 0. The summed E-state index contributed by atoms with van der Waals surface area (Å²) in [6.07, 6.45) is 3.28. The normalized spacial score (nSPS) is 13.3. The van der Waals surface area contributed by atoms with E-state index >= 15 is 0 Å². The molecule has 0 radical (unpaired) electrons. The van der Waals surface area contributed by atoms with Crippen molar-refractivity contribution in [1.82, 2.24) is 14.9 Å². The number of anilines is 1. The van der Waals surface area contributed by atoms with Crippen molar-refractivity contribution in [3.8, 4) is 0 Å². The fourth-order valence-corrected chi connectivity index (χ4v) is 2.57. The minimum absolute atomic E-state index is 0.194. The van der Waals surface area contributed by atoms with Gasteiger partial charge in [-0.3, -0.25) is 14.5 Å². The van der Waals surface area contributed by atoms with Gasteiger partial charge in [0.05, 0.1) is 11.1 Å². The second kappa shape index (κ2) is 6.56. The number of nitrogens with zero attached hydrogens (tertiary/aromatic N) is 3. The minimum atomic E-state index is -0.194. The number of fused-ring (bicyclic) bond motifs is 1. The van der Waals surface area contributed by atoms with E-state index in [0.29, 0.717) is 30.2 Å². The van der Waals surface area contributed by atoms with E-state index < -0.39 is 0 Å². The summed E-state index contributed by atoms with van der Waals surface area (Å²) in [5.41, 5.74) is 1.92. The Balaban J connectivity index is 1.47. The first-order valence-corrected chi connectivity index (χ1v) is 7.65. The molecule has 3 rings (SSSR count). The molecule has 118 valence electrons. The zero-order chi connectivity index (χ0) is 16.2. The lowest BCUT2D eigenvalue weighted by Crippen LogP contribution is -2.30. The second-order valence-corrected chi connectivity index (χ2v) is 5.46. The highest BCUT2D eigenvalue weighted by Gasteiger charge is 2.34. The molecule has 23 heavy (non-hydrogen) atoms.